The summed E-state index contributed by atoms with van der Waals surface area (Å²) in [5.74, 6) is -0.945. The molecule has 0 radical (unpaired) electrons. The van der Waals surface area contributed by atoms with Crippen LogP contribution in [0.1, 0.15) is 21.6 Å². The van der Waals surface area contributed by atoms with Crippen LogP contribution < -0.4 is 10.6 Å². The van der Waals surface area contributed by atoms with E-state index < -0.39 is 21.6 Å². The summed E-state index contributed by atoms with van der Waals surface area (Å²) in [7, 11) is -2.94. The van der Waals surface area contributed by atoms with E-state index in [-0.39, 0.29) is 33.3 Å². The number of nitrogens with zero attached hydrogens (tertiary/aromatic N) is 4. The molecule has 1 saturated heterocycles. The molecule has 1 amide bonds. The predicted molar refractivity (Wildman–Crippen MR) is 129 cm³/mol. The monoisotopic (exact) mass is 566 g/mol. The Morgan fingerprint density at radius 3 is 2.51 bits per heavy atom. The molecule has 0 atom stereocenters. The molecule has 1 aliphatic rings. The van der Waals surface area contributed by atoms with E-state index in [9.17, 15) is 22.8 Å². The van der Waals surface area contributed by atoms with Crippen LogP contribution in [0.5, 0.6) is 0 Å². The van der Waals surface area contributed by atoms with Crippen LogP contribution in [0.15, 0.2) is 56.7 Å². The number of sulfone groups is 1. The van der Waals surface area contributed by atoms with Gasteiger partial charge in [0.25, 0.3) is 5.91 Å². The highest BCUT2D eigenvalue weighted by Gasteiger charge is 2.22. The second-order valence-electron chi connectivity index (χ2n) is 7.74. The minimum absolute atomic E-state index is 0.0713. The normalized spacial score (nSPS) is 16.1. The molecule has 0 unspecified atom stereocenters. The molecular formula is C21H20BrFN6O5S. The minimum Gasteiger partial charge on any atom is -0.409 e. The van der Waals surface area contributed by atoms with Gasteiger partial charge in [0.2, 0.25) is 11.7 Å². The van der Waals surface area contributed by atoms with E-state index in [1.807, 2.05) is 4.90 Å². The lowest BCUT2D eigenvalue weighted by Crippen LogP contribution is -2.39. The fourth-order valence-electron chi connectivity index (χ4n) is 3.38. The van der Waals surface area contributed by atoms with Crippen molar-refractivity contribution in [2.24, 2.45) is 5.16 Å². The van der Waals surface area contributed by atoms with E-state index >= 15 is 0 Å². The highest BCUT2D eigenvalue weighted by atomic mass is 79.9. The van der Waals surface area contributed by atoms with E-state index in [2.05, 4.69) is 42.0 Å². The van der Waals surface area contributed by atoms with Gasteiger partial charge in [0.1, 0.15) is 5.82 Å². The van der Waals surface area contributed by atoms with Crippen LogP contribution in [0.2, 0.25) is 0 Å². The molecule has 1 fully saturated rings. The van der Waals surface area contributed by atoms with Crippen LogP contribution in [0.3, 0.4) is 0 Å². The van der Waals surface area contributed by atoms with Crippen molar-refractivity contribution in [1.29, 1.82) is 0 Å². The molecule has 0 aliphatic carbocycles. The molecule has 0 spiro atoms. The lowest BCUT2D eigenvalue weighted by Gasteiger charge is -2.26. The maximum atomic E-state index is 13.5. The average Bonchev–Trinajstić information content (AvgIpc) is 3.29. The van der Waals surface area contributed by atoms with Crippen LogP contribution in [0.4, 0.5) is 15.9 Å². The van der Waals surface area contributed by atoms with E-state index in [0.29, 0.717) is 30.9 Å². The lowest BCUT2D eigenvalue weighted by atomic mass is 10.1. The fourth-order valence-corrected chi connectivity index (χ4v) is 5.03. The van der Waals surface area contributed by atoms with Gasteiger partial charge >= 0.3 is 0 Å². The summed E-state index contributed by atoms with van der Waals surface area (Å²) in [6.07, 6.45) is 0. The third kappa shape index (κ3) is 6.21. The second-order valence-corrected chi connectivity index (χ2v) is 10.9. The lowest BCUT2D eigenvalue weighted by molar-refractivity contribution is 0.102. The first-order valence-electron chi connectivity index (χ1n) is 10.3. The Kier molecular flexibility index (Phi) is 7.42. The van der Waals surface area contributed by atoms with Crippen molar-refractivity contribution in [3.05, 3.63) is 69.6 Å². The molecule has 11 nitrogen and oxygen atoms in total. The summed E-state index contributed by atoms with van der Waals surface area (Å²) in [6, 6.07) is 10.9. The Morgan fingerprint density at radius 1 is 1.14 bits per heavy atom. The van der Waals surface area contributed by atoms with Crippen molar-refractivity contribution in [3.63, 3.8) is 0 Å². The molecule has 2 aromatic carbocycles. The van der Waals surface area contributed by atoms with E-state index in [0.717, 1.165) is 5.56 Å². The quantitative estimate of drug-likeness (QED) is 0.177. The number of oxime groups is 1. The number of nitrogens with one attached hydrogen (secondary N) is 2. The van der Waals surface area contributed by atoms with Crippen LogP contribution in [-0.2, 0) is 16.4 Å². The predicted octanol–water partition coefficient (Wildman–Crippen LogP) is 2.70. The molecule has 14 heteroatoms. The number of amidine groups is 1. The van der Waals surface area contributed by atoms with Crippen molar-refractivity contribution in [3.8, 4) is 0 Å². The van der Waals surface area contributed by atoms with Gasteiger partial charge in [0.15, 0.2) is 15.5 Å². The van der Waals surface area contributed by atoms with Crippen LogP contribution >= 0.6 is 15.9 Å². The molecule has 4 rings (SSSR count). The number of halogens is 2. The zero-order valence-electron chi connectivity index (χ0n) is 18.1. The van der Waals surface area contributed by atoms with Gasteiger partial charge in [-0.1, -0.05) is 17.3 Å². The molecule has 0 bridgehead atoms. The van der Waals surface area contributed by atoms with E-state index in [1.54, 1.807) is 24.3 Å². The van der Waals surface area contributed by atoms with Gasteiger partial charge in [-0.15, -0.1) is 0 Å². The minimum atomic E-state index is -2.94. The van der Waals surface area contributed by atoms with Crippen molar-refractivity contribution >= 4 is 49.0 Å². The van der Waals surface area contributed by atoms with Gasteiger partial charge in [0, 0.05) is 30.9 Å². The first-order chi connectivity index (χ1) is 16.7. The van der Waals surface area contributed by atoms with Crippen LogP contribution in [0.25, 0.3) is 0 Å². The summed E-state index contributed by atoms with van der Waals surface area (Å²) in [6.45, 7) is 1.53. The summed E-state index contributed by atoms with van der Waals surface area (Å²) in [5.41, 5.74) is 1.59. The largest absolute Gasteiger partial charge is 0.409 e. The number of hydrogen-bond acceptors (Lipinski definition) is 9. The first kappa shape index (κ1) is 24.8. The Labute approximate surface area is 208 Å². The zero-order valence-corrected chi connectivity index (χ0v) is 20.5. The summed E-state index contributed by atoms with van der Waals surface area (Å²) in [5, 5.41) is 25.2. The highest BCUT2D eigenvalue weighted by Crippen LogP contribution is 2.22. The smallest absolute Gasteiger partial charge is 0.256 e. The molecule has 184 valence electrons. The first-order valence-corrected chi connectivity index (χ1v) is 13.0. The molecule has 1 aliphatic heterocycles. The Bertz CT molecular complexity index is 1350. The maximum Gasteiger partial charge on any atom is 0.256 e. The summed E-state index contributed by atoms with van der Waals surface area (Å²) >= 11 is 3.07. The number of amides is 1. The van der Waals surface area contributed by atoms with Crippen molar-refractivity contribution in [1.82, 2.24) is 15.2 Å². The fraction of sp³-hybridized carbons (Fsp3) is 0.238. The van der Waals surface area contributed by atoms with Gasteiger partial charge in [-0.3, -0.25) is 9.69 Å². The summed E-state index contributed by atoms with van der Waals surface area (Å²) < 4.78 is 41.5. The van der Waals surface area contributed by atoms with Crippen molar-refractivity contribution in [2.45, 2.75) is 6.54 Å². The number of hydrogen-bond donors (Lipinski definition) is 3. The van der Waals surface area contributed by atoms with Gasteiger partial charge in [-0.05, 0) is 62.1 Å². The van der Waals surface area contributed by atoms with Gasteiger partial charge < -0.3 is 15.8 Å². The number of anilines is 2. The number of carbonyl (C=O) groups is 1. The number of carbonyl (C=O) groups excluding carboxylic acids is 1. The number of benzene rings is 2. The average molecular weight is 567 g/mol. The Balaban J connectivity index is 1.40. The number of rotatable bonds is 6. The Morgan fingerprint density at radius 2 is 1.86 bits per heavy atom. The topological polar surface area (TPSA) is 150 Å². The van der Waals surface area contributed by atoms with Crippen molar-refractivity contribution in [2.75, 3.05) is 35.2 Å². The molecular weight excluding hydrogens is 547 g/mol. The van der Waals surface area contributed by atoms with Gasteiger partial charge in [-0.2, -0.15) is 0 Å². The van der Waals surface area contributed by atoms with Crippen molar-refractivity contribution < 1.29 is 27.4 Å². The molecule has 3 N–H and O–H groups in total. The van der Waals surface area contributed by atoms with Crippen LogP contribution in [-0.4, -0.2) is 65.2 Å². The third-order valence-corrected chi connectivity index (χ3v) is 7.50. The summed E-state index contributed by atoms with van der Waals surface area (Å²) in [4.78, 5) is 14.8. The molecule has 1 aromatic heterocycles. The SMILES string of the molecule is O=C(Nc1nonc1/C(=N\O)Nc1ccc(F)c(Br)c1)c1ccc(CN2CCS(=O)(=O)CC2)cc1. The van der Waals surface area contributed by atoms with Gasteiger partial charge in [0.05, 0.1) is 16.0 Å². The molecule has 0 saturated carbocycles. The standard InChI is InChI=1S/C21H20BrFN6O5S/c22-16-11-15(5-6-17(16)23)24-19(26-31)18-20(28-34-27-18)25-21(30)14-3-1-13(2-4-14)12-29-7-9-35(32,33)10-8-29/h1-6,11,31H,7-10,12H2,(H,24,26)(H,25,28,30). The maximum absolute atomic E-state index is 13.5. The third-order valence-electron chi connectivity index (χ3n) is 5.29. The molecule has 2 heterocycles. The van der Waals surface area contributed by atoms with E-state index in [1.165, 1.54) is 18.2 Å². The number of aromatic nitrogens is 2. The second kappa shape index (κ2) is 10.5. The molecule has 35 heavy (non-hydrogen) atoms. The highest BCUT2D eigenvalue weighted by molar-refractivity contribution is 9.10. The molecule has 3 aromatic rings. The van der Waals surface area contributed by atoms with Crippen LogP contribution in [0, 0.1) is 5.82 Å². The zero-order chi connectivity index (χ0) is 25.0. The Hall–Kier alpha value is -3.36. The van der Waals surface area contributed by atoms with Gasteiger partial charge in [-0.25, -0.2) is 17.4 Å². The van der Waals surface area contributed by atoms with E-state index in [4.69, 9.17) is 4.63 Å².